The van der Waals surface area contributed by atoms with Crippen molar-refractivity contribution in [3.63, 3.8) is 0 Å². The van der Waals surface area contributed by atoms with Crippen LogP contribution in [0.3, 0.4) is 0 Å². The van der Waals surface area contributed by atoms with Gasteiger partial charge in [-0.15, -0.1) is 0 Å². The van der Waals surface area contributed by atoms with E-state index in [4.69, 9.17) is 5.21 Å². The van der Waals surface area contributed by atoms with E-state index in [0.29, 0.717) is 16.8 Å². The van der Waals surface area contributed by atoms with Gasteiger partial charge in [0, 0.05) is 23.9 Å². The van der Waals surface area contributed by atoms with E-state index in [-0.39, 0.29) is 5.91 Å². The fraction of sp³-hybridized carbons (Fsp3) is 0.125. The lowest BCUT2D eigenvalue weighted by Crippen LogP contribution is -2.26. The molecule has 0 unspecified atom stereocenters. The van der Waals surface area contributed by atoms with Crippen molar-refractivity contribution >= 4 is 17.5 Å². The third-order valence-electron chi connectivity index (χ3n) is 3.19. The third-order valence-corrected chi connectivity index (χ3v) is 3.19. The molecule has 0 radical (unpaired) electrons. The van der Waals surface area contributed by atoms with Gasteiger partial charge in [0.15, 0.2) is 0 Å². The zero-order valence-corrected chi connectivity index (χ0v) is 11.8. The summed E-state index contributed by atoms with van der Waals surface area (Å²) in [7, 11) is 1.67. The van der Waals surface area contributed by atoms with Crippen LogP contribution in [0.15, 0.2) is 48.5 Å². The normalized spacial score (nSPS) is 10.0. The Balaban J connectivity index is 2.21. The molecule has 2 aromatic rings. The van der Waals surface area contributed by atoms with Gasteiger partial charge in [0.1, 0.15) is 0 Å². The molecule has 5 nitrogen and oxygen atoms in total. The molecule has 0 aliphatic heterocycles. The summed E-state index contributed by atoms with van der Waals surface area (Å²) in [4.78, 5) is 25.1. The zero-order valence-electron chi connectivity index (χ0n) is 11.8. The highest BCUT2D eigenvalue weighted by Gasteiger charge is 2.14. The van der Waals surface area contributed by atoms with E-state index in [1.807, 2.05) is 25.1 Å². The van der Waals surface area contributed by atoms with Crippen LogP contribution in [-0.2, 0) is 0 Å². The third kappa shape index (κ3) is 3.27. The van der Waals surface area contributed by atoms with E-state index in [1.54, 1.807) is 42.9 Å². The number of aryl methyl sites for hydroxylation is 1. The highest BCUT2D eigenvalue weighted by molar-refractivity contribution is 6.06. The maximum atomic E-state index is 12.4. The summed E-state index contributed by atoms with van der Waals surface area (Å²) in [5, 5.41) is 8.57. The summed E-state index contributed by atoms with van der Waals surface area (Å²) in [5.74, 6) is -0.715. The number of nitrogens with one attached hydrogen (secondary N) is 1. The molecular formula is C16H16N2O3. The molecule has 0 saturated carbocycles. The van der Waals surface area contributed by atoms with Crippen LogP contribution in [0.2, 0.25) is 0 Å². The molecule has 0 aromatic heterocycles. The fourth-order valence-electron chi connectivity index (χ4n) is 1.99. The largest absolute Gasteiger partial charge is 0.311 e. The standard InChI is InChI=1S/C16H16N2O3/c1-11-4-3-5-13(10-11)16(20)18(2)14-8-6-12(7-9-14)15(19)17-21/h3-10,21H,1-2H3,(H,17,19). The summed E-state index contributed by atoms with van der Waals surface area (Å²) in [6.07, 6.45) is 0. The van der Waals surface area contributed by atoms with Crippen LogP contribution in [0.5, 0.6) is 0 Å². The molecule has 0 saturated heterocycles. The first-order valence-corrected chi connectivity index (χ1v) is 6.42. The van der Waals surface area contributed by atoms with Crippen molar-refractivity contribution in [1.82, 2.24) is 5.48 Å². The molecule has 0 fully saturated rings. The lowest BCUT2D eigenvalue weighted by atomic mass is 10.1. The smallest absolute Gasteiger partial charge is 0.274 e. The van der Waals surface area contributed by atoms with Gasteiger partial charge in [-0.25, -0.2) is 5.48 Å². The minimum atomic E-state index is -0.589. The number of hydrogen-bond acceptors (Lipinski definition) is 3. The molecule has 2 N–H and O–H groups in total. The fourth-order valence-corrected chi connectivity index (χ4v) is 1.99. The number of hydroxylamine groups is 1. The molecule has 0 aliphatic rings. The number of anilines is 1. The van der Waals surface area contributed by atoms with Crippen molar-refractivity contribution in [2.45, 2.75) is 6.92 Å². The van der Waals surface area contributed by atoms with Crippen LogP contribution in [0, 0.1) is 6.92 Å². The van der Waals surface area contributed by atoms with Gasteiger partial charge in [-0.2, -0.15) is 0 Å². The Morgan fingerprint density at radius 2 is 1.71 bits per heavy atom. The summed E-state index contributed by atoms with van der Waals surface area (Å²) in [5.41, 5.74) is 4.17. The van der Waals surface area contributed by atoms with Crippen LogP contribution in [0.25, 0.3) is 0 Å². The Bertz CT molecular complexity index is 665. The van der Waals surface area contributed by atoms with E-state index in [0.717, 1.165) is 5.56 Å². The van der Waals surface area contributed by atoms with Crippen LogP contribution < -0.4 is 10.4 Å². The molecule has 0 heterocycles. The van der Waals surface area contributed by atoms with E-state index < -0.39 is 5.91 Å². The van der Waals surface area contributed by atoms with Crippen molar-refractivity contribution in [2.75, 3.05) is 11.9 Å². The molecule has 2 aromatic carbocycles. The molecule has 0 spiro atoms. The number of rotatable bonds is 3. The first-order valence-electron chi connectivity index (χ1n) is 6.42. The van der Waals surface area contributed by atoms with E-state index >= 15 is 0 Å². The Labute approximate surface area is 122 Å². The molecule has 0 aliphatic carbocycles. The van der Waals surface area contributed by atoms with Gasteiger partial charge in [-0.3, -0.25) is 14.8 Å². The van der Waals surface area contributed by atoms with Crippen molar-refractivity contribution < 1.29 is 14.8 Å². The summed E-state index contributed by atoms with van der Waals surface area (Å²) in [6.45, 7) is 1.93. The maximum absolute atomic E-state index is 12.4. The molecule has 2 amide bonds. The first kappa shape index (κ1) is 14.7. The summed E-state index contributed by atoms with van der Waals surface area (Å²) in [6, 6.07) is 13.7. The van der Waals surface area contributed by atoms with Crippen molar-refractivity contribution in [1.29, 1.82) is 0 Å². The second-order valence-corrected chi connectivity index (χ2v) is 4.72. The van der Waals surface area contributed by atoms with Gasteiger partial charge < -0.3 is 4.90 Å². The van der Waals surface area contributed by atoms with Crippen LogP contribution >= 0.6 is 0 Å². The van der Waals surface area contributed by atoms with Gasteiger partial charge >= 0.3 is 0 Å². The van der Waals surface area contributed by atoms with Gasteiger partial charge in [-0.1, -0.05) is 17.7 Å². The summed E-state index contributed by atoms with van der Waals surface area (Å²) < 4.78 is 0. The molecule has 21 heavy (non-hydrogen) atoms. The van der Waals surface area contributed by atoms with E-state index in [1.165, 1.54) is 4.90 Å². The number of hydrogen-bond donors (Lipinski definition) is 2. The lowest BCUT2D eigenvalue weighted by molar-refractivity contribution is 0.0706. The highest BCUT2D eigenvalue weighted by Crippen LogP contribution is 2.17. The molecule has 0 atom stereocenters. The van der Waals surface area contributed by atoms with Gasteiger partial charge in [-0.05, 0) is 43.3 Å². The molecule has 5 heteroatoms. The number of carbonyl (C=O) groups excluding carboxylic acids is 2. The molecule has 0 bridgehead atoms. The maximum Gasteiger partial charge on any atom is 0.274 e. The zero-order chi connectivity index (χ0) is 15.4. The average molecular weight is 284 g/mol. The molecule has 108 valence electrons. The second-order valence-electron chi connectivity index (χ2n) is 4.72. The Morgan fingerprint density at radius 1 is 1.05 bits per heavy atom. The van der Waals surface area contributed by atoms with Crippen LogP contribution in [0.4, 0.5) is 5.69 Å². The number of carbonyl (C=O) groups is 2. The molecule has 2 rings (SSSR count). The summed E-state index contributed by atoms with van der Waals surface area (Å²) >= 11 is 0. The predicted molar refractivity (Wildman–Crippen MR) is 79.6 cm³/mol. The SMILES string of the molecule is Cc1cccc(C(=O)N(C)c2ccc(C(=O)NO)cc2)c1. The number of benzene rings is 2. The quantitative estimate of drug-likeness (QED) is 0.671. The van der Waals surface area contributed by atoms with E-state index in [2.05, 4.69) is 0 Å². The Morgan fingerprint density at radius 3 is 2.29 bits per heavy atom. The first-order chi connectivity index (χ1) is 10.0. The Hall–Kier alpha value is -2.66. The monoisotopic (exact) mass is 284 g/mol. The number of nitrogens with zero attached hydrogens (tertiary/aromatic N) is 1. The van der Waals surface area contributed by atoms with Gasteiger partial charge in [0.05, 0.1) is 0 Å². The minimum Gasteiger partial charge on any atom is -0.311 e. The highest BCUT2D eigenvalue weighted by atomic mass is 16.5. The average Bonchev–Trinajstić information content (AvgIpc) is 2.53. The van der Waals surface area contributed by atoms with Gasteiger partial charge in [0.2, 0.25) is 0 Å². The van der Waals surface area contributed by atoms with E-state index in [9.17, 15) is 9.59 Å². The van der Waals surface area contributed by atoms with Crippen molar-refractivity contribution in [2.24, 2.45) is 0 Å². The lowest BCUT2D eigenvalue weighted by Gasteiger charge is -2.18. The number of amides is 2. The van der Waals surface area contributed by atoms with Crippen molar-refractivity contribution in [3.05, 3.63) is 65.2 Å². The predicted octanol–water partition coefficient (Wildman–Crippen LogP) is 2.39. The van der Waals surface area contributed by atoms with Crippen LogP contribution in [0.1, 0.15) is 26.3 Å². The van der Waals surface area contributed by atoms with Crippen molar-refractivity contribution in [3.8, 4) is 0 Å². The Kier molecular flexibility index (Phi) is 4.35. The topological polar surface area (TPSA) is 69.6 Å². The second kappa shape index (κ2) is 6.19. The van der Waals surface area contributed by atoms with Crippen LogP contribution in [-0.4, -0.2) is 24.1 Å². The molecular weight excluding hydrogens is 268 g/mol. The van der Waals surface area contributed by atoms with Gasteiger partial charge in [0.25, 0.3) is 11.8 Å². The minimum absolute atomic E-state index is 0.127.